The number of amides is 1. The summed E-state index contributed by atoms with van der Waals surface area (Å²) in [4.78, 5) is 14.8. The van der Waals surface area contributed by atoms with Gasteiger partial charge in [0.05, 0.1) is 13.2 Å². The Bertz CT molecular complexity index is 541. The normalized spacial score (nSPS) is 22.8. The fourth-order valence-electron chi connectivity index (χ4n) is 3.19. The molecule has 1 atom stereocenters. The molecule has 2 aliphatic rings. The summed E-state index contributed by atoms with van der Waals surface area (Å²) in [6, 6.07) is -0.148. The standard InChI is InChI=1S/C16H27N5O2/c1-12-18-19-15(20(12)2)6-7-17-16(22)14-11-23-9-8-21(14)10-13-4-3-5-13/h13-14H,3-11H2,1-2H3,(H,17,22). The van der Waals surface area contributed by atoms with Crippen LogP contribution in [0.2, 0.25) is 0 Å². The SMILES string of the molecule is Cc1nnc(CCNC(=O)C2COCCN2CC2CCC2)n1C. The summed E-state index contributed by atoms with van der Waals surface area (Å²) >= 11 is 0. The number of nitrogens with one attached hydrogen (secondary N) is 1. The van der Waals surface area contributed by atoms with Crippen molar-refractivity contribution in [1.82, 2.24) is 25.0 Å². The number of carbonyl (C=O) groups excluding carboxylic acids is 1. The molecule has 0 radical (unpaired) electrons. The zero-order valence-corrected chi connectivity index (χ0v) is 14.1. The van der Waals surface area contributed by atoms with Gasteiger partial charge in [0.2, 0.25) is 5.91 Å². The van der Waals surface area contributed by atoms with Crippen LogP contribution in [0.4, 0.5) is 0 Å². The van der Waals surface area contributed by atoms with Crippen LogP contribution in [0, 0.1) is 12.8 Å². The van der Waals surface area contributed by atoms with Gasteiger partial charge in [0.25, 0.3) is 0 Å². The Balaban J connectivity index is 1.48. The number of hydrogen-bond acceptors (Lipinski definition) is 5. The van der Waals surface area contributed by atoms with E-state index in [0.29, 0.717) is 19.6 Å². The number of aromatic nitrogens is 3. The van der Waals surface area contributed by atoms with E-state index in [4.69, 9.17) is 4.74 Å². The molecule has 1 amide bonds. The fraction of sp³-hybridized carbons (Fsp3) is 0.812. The highest BCUT2D eigenvalue weighted by Crippen LogP contribution is 2.28. The Morgan fingerprint density at radius 2 is 2.22 bits per heavy atom. The largest absolute Gasteiger partial charge is 0.378 e. The molecule has 0 spiro atoms. The average Bonchev–Trinajstić information content (AvgIpc) is 2.83. The van der Waals surface area contributed by atoms with Crippen molar-refractivity contribution < 1.29 is 9.53 Å². The Morgan fingerprint density at radius 3 is 2.87 bits per heavy atom. The maximum atomic E-state index is 12.5. The van der Waals surface area contributed by atoms with E-state index < -0.39 is 0 Å². The molecule has 2 heterocycles. The predicted octanol–water partition coefficient (Wildman–Crippen LogP) is 0.283. The van der Waals surface area contributed by atoms with Crippen LogP contribution in [0.15, 0.2) is 0 Å². The van der Waals surface area contributed by atoms with Gasteiger partial charge in [0.1, 0.15) is 17.7 Å². The topological polar surface area (TPSA) is 72.3 Å². The van der Waals surface area contributed by atoms with E-state index in [9.17, 15) is 4.79 Å². The van der Waals surface area contributed by atoms with E-state index in [1.54, 1.807) is 0 Å². The van der Waals surface area contributed by atoms with Gasteiger partial charge < -0.3 is 14.6 Å². The van der Waals surface area contributed by atoms with Gasteiger partial charge in [-0.3, -0.25) is 9.69 Å². The Morgan fingerprint density at radius 1 is 1.39 bits per heavy atom. The molecule has 1 saturated heterocycles. The maximum absolute atomic E-state index is 12.5. The third-order valence-corrected chi connectivity index (χ3v) is 5.09. The molecule has 1 N–H and O–H groups in total. The first-order valence-corrected chi connectivity index (χ1v) is 8.59. The Kier molecular flexibility index (Phi) is 5.27. The fourth-order valence-corrected chi connectivity index (χ4v) is 3.19. The van der Waals surface area contributed by atoms with E-state index >= 15 is 0 Å². The van der Waals surface area contributed by atoms with Crippen LogP contribution >= 0.6 is 0 Å². The quantitative estimate of drug-likeness (QED) is 0.815. The van der Waals surface area contributed by atoms with Crippen LogP contribution in [0.1, 0.15) is 30.9 Å². The van der Waals surface area contributed by atoms with Gasteiger partial charge in [0.15, 0.2) is 0 Å². The summed E-state index contributed by atoms with van der Waals surface area (Å²) in [5, 5.41) is 11.2. The van der Waals surface area contributed by atoms with Gasteiger partial charge in [-0.2, -0.15) is 0 Å². The van der Waals surface area contributed by atoms with Gasteiger partial charge in [-0.25, -0.2) is 0 Å². The minimum absolute atomic E-state index is 0.0721. The Labute approximate surface area is 137 Å². The van der Waals surface area contributed by atoms with Crippen molar-refractivity contribution in [3.05, 3.63) is 11.6 Å². The van der Waals surface area contributed by atoms with E-state index in [1.807, 2.05) is 18.5 Å². The number of hydrogen-bond donors (Lipinski definition) is 1. The highest BCUT2D eigenvalue weighted by molar-refractivity contribution is 5.82. The van der Waals surface area contributed by atoms with Crippen molar-refractivity contribution in [2.24, 2.45) is 13.0 Å². The summed E-state index contributed by atoms with van der Waals surface area (Å²) in [6.45, 7) is 5.63. The second kappa shape index (κ2) is 7.40. The monoisotopic (exact) mass is 321 g/mol. The summed E-state index contributed by atoms with van der Waals surface area (Å²) in [5.41, 5.74) is 0. The molecular formula is C16H27N5O2. The minimum Gasteiger partial charge on any atom is -0.378 e. The van der Waals surface area contributed by atoms with E-state index in [0.717, 1.165) is 37.3 Å². The van der Waals surface area contributed by atoms with Gasteiger partial charge in [-0.15, -0.1) is 10.2 Å². The second-order valence-corrected chi connectivity index (χ2v) is 6.65. The molecule has 1 aromatic rings. The van der Waals surface area contributed by atoms with E-state index in [2.05, 4.69) is 20.4 Å². The van der Waals surface area contributed by atoms with Crippen LogP contribution in [0.3, 0.4) is 0 Å². The molecule has 0 aromatic carbocycles. The third kappa shape index (κ3) is 3.90. The summed E-state index contributed by atoms with van der Waals surface area (Å²) in [7, 11) is 1.95. The van der Waals surface area contributed by atoms with Crippen LogP contribution in [0.5, 0.6) is 0 Å². The molecule has 1 saturated carbocycles. The molecule has 3 rings (SSSR count). The number of ether oxygens (including phenoxy) is 1. The van der Waals surface area contributed by atoms with Gasteiger partial charge in [-0.1, -0.05) is 6.42 Å². The van der Waals surface area contributed by atoms with Crippen molar-refractivity contribution in [3.63, 3.8) is 0 Å². The molecule has 7 heteroatoms. The van der Waals surface area contributed by atoms with Crippen LogP contribution in [0.25, 0.3) is 0 Å². The van der Waals surface area contributed by atoms with E-state index in [1.165, 1.54) is 19.3 Å². The van der Waals surface area contributed by atoms with E-state index in [-0.39, 0.29) is 11.9 Å². The van der Waals surface area contributed by atoms with Crippen LogP contribution in [-0.4, -0.2) is 64.5 Å². The molecule has 1 unspecified atom stereocenters. The summed E-state index contributed by atoms with van der Waals surface area (Å²) in [6.07, 6.45) is 4.64. The highest BCUT2D eigenvalue weighted by atomic mass is 16.5. The lowest BCUT2D eigenvalue weighted by Gasteiger charge is -2.39. The molecule has 1 aromatic heterocycles. The molecule has 2 fully saturated rings. The molecule has 1 aliphatic carbocycles. The molecule has 0 bridgehead atoms. The number of rotatable bonds is 6. The first-order chi connectivity index (χ1) is 11.1. The van der Waals surface area contributed by atoms with Gasteiger partial charge in [-0.05, 0) is 25.7 Å². The van der Waals surface area contributed by atoms with Crippen molar-refractivity contribution in [1.29, 1.82) is 0 Å². The zero-order valence-electron chi connectivity index (χ0n) is 14.1. The lowest BCUT2D eigenvalue weighted by molar-refractivity contribution is -0.133. The van der Waals surface area contributed by atoms with Crippen molar-refractivity contribution >= 4 is 5.91 Å². The lowest BCUT2D eigenvalue weighted by Crippen LogP contribution is -2.55. The van der Waals surface area contributed by atoms with Crippen molar-refractivity contribution in [2.45, 2.75) is 38.6 Å². The van der Waals surface area contributed by atoms with Gasteiger partial charge >= 0.3 is 0 Å². The van der Waals surface area contributed by atoms with Gasteiger partial charge in [0, 0.05) is 33.1 Å². The Hall–Kier alpha value is -1.47. The third-order valence-electron chi connectivity index (χ3n) is 5.09. The smallest absolute Gasteiger partial charge is 0.239 e. The number of nitrogens with zero attached hydrogens (tertiary/aromatic N) is 4. The average molecular weight is 321 g/mol. The first-order valence-electron chi connectivity index (χ1n) is 8.59. The molecular weight excluding hydrogens is 294 g/mol. The molecule has 7 nitrogen and oxygen atoms in total. The molecule has 1 aliphatic heterocycles. The van der Waals surface area contributed by atoms with Crippen molar-refractivity contribution in [3.8, 4) is 0 Å². The molecule has 23 heavy (non-hydrogen) atoms. The minimum atomic E-state index is -0.148. The maximum Gasteiger partial charge on any atom is 0.239 e. The zero-order chi connectivity index (χ0) is 16.2. The van der Waals surface area contributed by atoms with Crippen LogP contribution < -0.4 is 5.32 Å². The number of carbonyl (C=O) groups is 1. The highest BCUT2D eigenvalue weighted by Gasteiger charge is 2.32. The second-order valence-electron chi connectivity index (χ2n) is 6.65. The lowest BCUT2D eigenvalue weighted by atomic mass is 9.84. The first kappa shape index (κ1) is 16.4. The summed E-state index contributed by atoms with van der Waals surface area (Å²) < 4.78 is 7.48. The number of morpholine rings is 1. The number of aryl methyl sites for hydroxylation is 1. The summed E-state index contributed by atoms with van der Waals surface area (Å²) in [5.74, 6) is 2.63. The van der Waals surface area contributed by atoms with Crippen LogP contribution in [-0.2, 0) is 23.0 Å². The molecule has 128 valence electrons. The predicted molar refractivity (Wildman–Crippen MR) is 86.0 cm³/mol. The van der Waals surface area contributed by atoms with Crippen molar-refractivity contribution in [2.75, 3.05) is 32.8 Å².